The Balaban J connectivity index is 1.98. The van der Waals surface area contributed by atoms with E-state index in [1.54, 1.807) is 0 Å². The minimum atomic E-state index is 1.20. The Morgan fingerprint density at radius 2 is 1.00 bits per heavy atom. The molecular weight excluding hydrogens is 352 g/mol. The van der Waals surface area contributed by atoms with Crippen molar-refractivity contribution < 1.29 is 4.57 Å². The summed E-state index contributed by atoms with van der Waals surface area (Å²) in [5, 5.41) is 0. The van der Waals surface area contributed by atoms with Gasteiger partial charge in [-0.1, -0.05) is 110 Å². The molecular formula is C27H53N2+. The SMILES string of the molecule is CCCCCCCCCCCCCn1cc[n+](CCCCCCCCCC)c1C. The third kappa shape index (κ3) is 13.9. The number of rotatable bonds is 21. The lowest BCUT2D eigenvalue weighted by atomic mass is 10.1. The summed E-state index contributed by atoms with van der Waals surface area (Å²) in [5.41, 5.74) is 0. The molecule has 1 rings (SSSR count). The molecule has 1 heterocycles. The highest BCUT2D eigenvalue weighted by molar-refractivity contribution is 4.79. The lowest BCUT2D eigenvalue weighted by Gasteiger charge is -2.04. The van der Waals surface area contributed by atoms with Crippen LogP contribution in [0.5, 0.6) is 0 Å². The first kappa shape index (κ1) is 26.2. The quantitative estimate of drug-likeness (QED) is 0.143. The smallest absolute Gasteiger partial charge is 0.234 e. The fourth-order valence-electron chi connectivity index (χ4n) is 4.38. The van der Waals surface area contributed by atoms with Crippen molar-refractivity contribution in [2.75, 3.05) is 0 Å². The Bertz CT molecular complexity index is 463. The van der Waals surface area contributed by atoms with Gasteiger partial charge in [0.25, 0.3) is 5.82 Å². The maximum atomic E-state index is 2.47. The Hall–Kier alpha value is -0.790. The van der Waals surface area contributed by atoms with Crippen molar-refractivity contribution in [1.82, 2.24) is 4.57 Å². The normalized spacial score (nSPS) is 11.4. The summed E-state index contributed by atoms with van der Waals surface area (Å²) in [5.74, 6) is 1.44. The maximum Gasteiger partial charge on any atom is 0.253 e. The highest BCUT2D eigenvalue weighted by Crippen LogP contribution is 2.12. The first-order chi connectivity index (χ1) is 14.3. The lowest BCUT2D eigenvalue weighted by Crippen LogP contribution is -2.35. The number of aryl methyl sites for hydroxylation is 2. The molecule has 1 aromatic heterocycles. The molecule has 0 spiro atoms. The predicted molar refractivity (Wildman–Crippen MR) is 128 cm³/mol. The second-order valence-corrected chi connectivity index (χ2v) is 9.24. The molecule has 0 N–H and O–H groups in total. The zero-order valence-electron chi connectivity index (χ0n) is 20.4. The van der Waals surface area contributed by atoms with Crippen LogP contribution in [-0.2, 0) is 13.1 Å². The van der Waals surface area contributed by atoms with Crippen molar-refractivity contribution in [3.8, 4) is 0 Å². The number of hydrogen-bond acceptors (Lipinski definition) is 0. The van der Waals surface area contributed by atoms with Gasteiger partial charge >= 0.3 is 0 Å². The number of unbranched alkanes of at least 4 members (excludes halogenated alkanes) is 17. The van der Waals surface area contributed by atoms with Gasteiger partial charge in [-0.3, -0.25) is 0 Å². The molecule has 0 fully saturated rings. The van der Waals surface area contributed by atoms with Crippen LogP contribution in [0.25, 0.3) is 0 Å². The van der Waals surface area contributed by atoms with E-state index in [9.17, 15) is 0 Å². The molecule has 0 saturated heterocycles. The Kier molecular flexibility index (Phi) is 17.4. The molecule has 0 bridgehead atoms. The molecule has 0 aromatic carbocycles. The van der Waals surface area contributed by atoms with E-state index in [0.717, 1.165) is 0 Å². The Morgan fingerprint density at radius 3 is 1.48 bits per heavy atom. The molecule has 0 aliphatic rings. The molecule has 29 heavy (non-hydrogen) atoms. The zero-order valence-corrected chi connectivity index (χ0v) is 20.4. The molecule has 170 valence electrons. The first-order valence-corrected chi connectivity index (χ1v) is 13.3. The average molecular weight is 406 g/mol. The lowest BCUT2D eigenvalue weighted by molar-refractivity contribution is -0.702. The van der Waals surface area contributed by atoms with Gasteiger partial charge in [-0.05, 0) is 25.7 Å². The van der Waals surface area contributed by atoms with Crippen LogP contribution in [0.1, 0.15) is 142 Å². The van der Waals surface area contributed by atoms with Crippen molar-refractivity contribution in [3.63, 3.8) is 0 Å². The molecule has 0 amide bonds. The van der Waals surface area contributed by atoms with Gasteiger partial charge in [-0.2, -0.15) is 0 Å². The van der Waals surface area contributed by atoms with Crippen LogP contribution in [0.3, 0.4) is 0 Å². The van der Waals surface area contributed by atoms with Gasteiger partial charge < -0.3 is 0 Å². The van der Waals surface area contributed by atoms with Gasteiger partial charge in [0.05, 0.1) is 13.1 Å². The number of aromatic nitrogens is 2. The summed E-state index contributed by atoms with van der Waals surface area (Å²) in [7, 11) is 0. The van der Waals surface area contributed by atoms with Crippen LogP contribution in [0.4, 0.5) is 0 Å². The number of hydrogen-bond donors (Lipinski definition) is 0. The van der Waals surface area contributed by atoms with Crippen LogP contribution in [0, 0.1) is 6.92 Å². The predicted octanol–water partition coefficient (Wildman–Crippen LogP) is 8.54. The van der Waals surface area contributed by atoms with E-state index in [1.165, 1.54) is 141 Å². The van der Waals surface area contributed by atoms with Crippen LogP contribution < -0.4 is 4.57 Å². The Labute approximate surface area is 183 Å². The van der Waals surface area contributed by atoms with Crippen LogP contribution in [0.15, 0.2) is 12.4 Å². The summed E-state index contributed by atoms with van der Waals surface area (Å²) in [6, 6.07) is 0. The van der Waals surface area contributed by atoms with E-state index < -0.39 is 0 Å². The second kappa shape index (κ2) is 19.2. The second-order valence-electron chi connectivity index (χ2n) is 9.24. The molecule has 0 atom stereocenters. The topological polar surface area (TPSA) is 8.81 Å². The molecule has 0 aliphatic heterocycles. The monoisotopic (exact) mass is 405 g/mol. The first-order valence-electron chi connectivity index (χ1n) is 13.3. The molecule has 2 nitrogen and oxygen atoms in total. The summed E-state index contributed by atoms with van der Waals surface area (Å²) < 4.78 is 4.94. The third-order valence-corrected chi connectivity index (χ3v) is 6.51. The minimum Gasteiger partial charge on any atom is -0.234 e. The van der Waals surface area contributed by atoms with E-state index in [0.29, 0.717) is 0 Å². The molecule has 0 radical (unpaired) electrons. The molecule has 0 unspecified atom stereocenters. The minimum absolute atomic E-state index is 1.20. The summed E-state index contributed by atoms with van der Waals surface area (Å²) >= 11 is 0. The van der Waals surface area contributed by atoms with Crippen molar-refractivity contribution in [1.29, 1.82) is 0 Å². The van der Waals surface area contributed by atoms with Crippen molar-refractivity contribution in [2.24, 2.45) is 0 Å². The largest absolute Gasteiger partial charge is 0.253 e. The van der Waals surface area contributed by atoms with Crippen LogP contribution in [0.2, 0.25) is 0 Å². The summed E-state index contributed by atoms with van der Waals surface area (Å²) in [6.45, 7) is 9.29. The van der Waals surface area contributed by atoms with Gasteiger partial charge in [-0.15, -0.1) is 0 Å². The number of nitrogens with zero attached hydrogens (tertiary/aromatic N) is 2. The van der Waals surface area contributed by atoms with Crippen LogP contribution in [-0.4, -0.2) is 4.57 Å². The van der Waals surface area contributed by atoms with Gasteiger partial charge in [0.2, 0.25) is 0 Å². The molecule has 0 aliphatic carbocycles. The van der Waals surface area contributed by atoms with E-state index in [2.05, 4.69) is 42.3 Å². The fraction of sp³-hybridized carbons (Fsp3) is 0.889. The zero-order chi connectivity index (χ0) is 21.0. The fourth-order valence-corrected chi connectivity index (χ4v) is 4.38. The van der Waals surface area contributed by atoms with Gasteiger partial charge in [0, 0.05) is 6.92 Å². The standard InChI is InChI=1S/C27H53N2/c1-4-6-8-10-12-14-15-16-18-20-22-24-29-26-25-28(27(29)3)23-21-19-17-13-11-9-7-5-2/h25-26H,4-24H2,1-3H3/q+1. The van der Waals surface area contributed by atoms with Gasteiger partial charge in [-0.25, -0.2) is 9.13 Å². The van der Waals surface area contributed by atoms with Crippen molar-refractivity contribution in [2.45, 2.75) is 156 Å². The van der Waals surface area contributed by atoms with Gasteiger partial charge in [0.1, 0.15) is 12.4 Å². The highest BCUT2D eigenvalue weighted by atomic mass is 15.1. The average Bonchev–Trinajstić information content (AvgIpc) is 3.08. The van der Waals surface area contributed by atoms with Crippen molar-refractivity contribution >= 4 is 0 Å². The number of imidazole rings is 1. The molecule has 2 heteroatoms. The van der Waals surface area contributed by atoms with E-state index in [-0.39, 0.29) is 0 Å². The maximum absolute atomic E-state index is 2.47. The van der Waals surface area contributed by atoms with Gasteiger partial charge in [0.15, 0.2) is 0 Å². The Morgan fingerprint density at radius 1 is 0.586 bits per heavy atom. The highest BCUT2D eigenvalue weighted by Gasteiger charge is 2.11. The van der Waals surface area contributed by atoms with E-state index in [1.807, 2.05) is 0 Å². The van der Waals surface area contributed by atoms with E-state index in [4.69, 9.17) is 0 Å². The summed E-state index contributed by atoms with van der Waals surface area (Å²) in [4.78, 5) is 0. The van der Waals surface area contributed by atoms with Crippen LogP contribution >= 0.6 is 0 Å². The third-order valence-electron chi connectivity index (χ3n) is 6.51. The molecule has 1 aromatic rings. The van der Waals surface area contributed by atoms with Crippen molar-refractivity contribution in [3.05, 3.63) is 18.2 Å². The van der Waals surface area contributed by atoms with E-state index >= 15 is 0 Å². The molecule has 0 saturated carbocycles. The summed E-state index contributed by atoms with van der Waals surface area (Å²) in [6.07, 6.45) is 31.5.